The molecule has 0 aromatic carbocycles. The molecule has 150 valence electrons. The lowest BCUT2D eigenvalue weighted by atomic mass is 9.88. The molecule has 3 heterocycles. The highest BCUT2D eigenvalue weighted by molar-refractivity contribution is 14.0. The molecule has 0 bridgehead atoms. The van der Waals surface area contributed by atoms with Crippen molar-refractivity contribution in [1.82, 2.24) is 25.3 Å². The van der Waals surface area contributed by atoms with Crippen LogP contribution in [0.4, 0.5) is 0 Å². The van der Waals surface area contributed by atoms with E-state index in [1.807, 2.05) is 35.3 Å². The van der Waals surface area contributed by atoms with Gasteiger partial charge in [0.25, 0.3) is 0 Å². The first-order chi connectivity index (χ1) is 12.7. The Morgan fingerprint density at radius 1 is 1.33 bits per heavy atom. The first-order valence-corrected chi connectivity index (χ1v) is 10.3. The van der Waals surface area contributed by atoms with Crippen molar-refractivity contribution in [2.24, 2.45) is 18.0 Å². The van der Waals surface area contributed by atoms with Crippen LogP contribution in [0.5, 0.6) is 0 Å². The van der Waals surface area contributed by atoms with Crippen LogP contribution in [0.1, 0.15) is 36.4 Å². The van der Waals surface area contributed by atoms with Gasteiger partial charge in [-0.15, -0.1) is 35.3 Å². The number of aryl methyl sites for hydroxylation is 1. The predicted molar refractivity (Wildman–Crippen MR) is 124 cm³/mol. The lowest BCUT2D eigenvalue weighted by Crippen LogP contribution is -2.44. The van der Waals surface area contributed by atoms with Gasteiger partial charge in [-0.25, -0.2) is 4.99 Å². The molecule has 0 saturated carbocycles. The molecule has 1 aliphatic heterocycles. The van der Waals surface area contributed by atoms with Crippen LogP contribution in [0.2, 0.25) is 0 Å². The van der Waals surface area contributed by atoms with Crippen molar-refractivity contribution in [3.8, 4) is 0 Å². The minimum atomic E-state index is 0. The molecule has 0 amide bonds. The van der Waals surface area contributed by atoms with Gasteiger partial charge < -0.3 is 10.6 Å². The maximum absolute atomic E-state index is 4.73. The van der Waals surface area contributed by atoms with E-state index in [1.165, 1.54) is 24.3 Å². The zero-order chi connectivity index (χ0) is 18.4. The van der Waals surface area contributed by atoms with E-state index in [9.17, 15) is 0 Å². The Hall–Kier alpha value is -1.13. The van der Waals surface area contributed by atoms with Gasteiger partial charge in [-0.2, -0.15) is 5.10 Å². The van der Waals surface area contributed by atoms with Crippen molar-refractivity contribution in [3.05, 3.63) is 40.3 Å². The van der Waals surface area contributed by atoms with Crippen LogP contribution in [0.3, 0.4) is 0 Å². The number of piperidine rings is 1. The predicted octanol–water partition coefficient (Wildman–Crippen LogP) is 3.24. The Morgan fingerprint density at radius 3 is 2.85 bits per heavy atom. The number of nitrogens with one attached hydrogen (secondary N) is 2. The van der Waals surface area contributed by atoms with E-state index in [1.54, 1.807) is 0 Å². The van der Waals surface area contributed by atoms with Crippen molar-refractivity contribution in [1.29, 1.82) is 0 Å². The van der Waals surface area contributed by atoms with Crippen LogP contribution in [-0.4, -0.2) is 47.3 Å². The number of guanidine groups is 1. The van der Waals surface area contributed by atoms with Crippen LogP contribution in [-0.2, 0) is 13.6 Å². The molecular weight excluding hydrogens is 471 g/mol. The molecule has 3 rings (SSSR count). The summed E-state index contributed by atoms with van der Waals surface area (Å²) in [6.45, 7) is 5.70. The van der Waals surface area contributed by atoms with Crippen molar-refractivity contribution in [3.63, 3.8) is 0 Å². The monoisotopic (exact) mass is 502 g/mol. The first kappa shape index (κ1) is 22.2. The summed E-state index contributed by atoms with van der Waals surface area (Å²) in [5, 5.41) is 13.3. The molecule has 0 radical (unpaired) electrons. The smallest absolute Gasteiger partial charge is 0.191 e. The fourth-order valence-electron chi connectivity index (χ4n) is 3.67. The van der Waals surface area contributed by atoms with E-state index < -0.39 is 0 Å². The highest BCUT2D eigenvalue weighted by atomic mass is 127. The minimum Gasteiger partial charge on any atom is -0.357 e. The molecule has 2 atom stereocenters. The number of likely N-dealkylation sites (tertiary alicyclic amines) is 1. The van der Waals surface area contributed by atoms with Gasteiger partial charge in [0.15, 0.2) is 5.96 Å². The molecule has 2 aromatic heterocycles. The average molecular weight is 502 g/mol. The standard InChI is InChI=1S/C19H30N6S.HI/c1-4-20-19(22-14-16-9-10-23-25(16)3)21-13-15-7-5-11-24(2)18(15)17-8-6-12-26-17;/h6,8-10,12,15,18H,4-5,7,11,13-14H2,1-3H3,(H2,20,21,22);1H. The Labute approximate surface area is 183 Å². The molecule has 1 saturated heterocycles. The SMILES string of the molecule is CCNC(=NCc1ccnn1C)NCC1CCCN(C)C1c1cccs1.I. The lowest BCUT2D eigenvalue weighted by molar-refractivity contribution is 0.125. The quantitative estimate of drug-likeness (QED) is 0.362. The number of nitrogens with zero attached hydrogens (tertiary/aromatic N) is 4. The summed E-state index contributed by atoms with van der Waals surface area (Å²) in [7, 11) is 4.20. The average Bonchev–Trinajstić information content (AvgIpc) is 3.29. The van der Waals surface area contributed by atoms with Crippen LogP contribution in [0.25, 0.3) is 0 Å². The molecule has 2 unspecified atom stereocenters. The summed E-state index contributed by atoms with van der Waals surface area (Å²) in [6, 6.07) is 6.94. The van der Waals surface area contributed by atoms with E-state index >= 15 is 0 Å². The summed E-state index contributed by atoms with van der Waals surface area (Å²) in [5.41, 5.74) is 1.11. The topological polar surface area (TPSA) is 57.5 Å². The summed E-state index contributed by atoms with van der Waals surface area (Å²) in [4.78, 5) is 8.70. The zero-order valence-corrected chi connectivity index (χ0v) is 19.5. The number of halogens is 1. The van der Waals surface area contributed by atoms with Crippen molar-refractivity contribution in [2.45, 2.75) is 32.4 Å². The zero-order valence-electron chi connectivity index (χ0n) is 16.4. The van der Waals surface area contributed by atoms with E-state index in [2.05, 4.69) is 52.1 Å². The van der Waals surface area contributed by atoms with E-state index in [0.29, 0.717) is 18.5 Å². The summed E-state index contributed by atoms with van der Waals surface area (Å²) >= 11 is 1.87. The Bertz CT molecular complexity index is 699. The molecule has 0 spiro atoms. The van der Waals surface area contributed by atoms with Gasteiger partial charge in [0.1, 0.15) is 0 Å². The molecule has 2 N–H and O–H groups in total. The van der Waals surface area contributed by atoms with Gasteiger partial charge in [0.05, 0.1) is 12.2 Å². The van der Waals surface area contributed by atoms with Gasteiger partial charge in [0, 0.05) is 37.3 Å². The van der Waals surface area contributed by atoms with Gasteiger partial charge in [-0.3, -0.25) is 9.58 Å². The summed E-state index contributed by atoms with van der Waals surface area (Å²) in [6.07, 6.45) is 4.32. The van der Waals surface area contributed by atoms with E-state index in [0.717, 1.165) is 24.7 Å². The number of thiophene rings is 1. The highest BCUT2D eigenvalue weighted by Crippen LogP contribution is 2.36. The Kier molecular flexibility index (Phi) is 9.04. The van der Waals surface area contributed by atoms with Crippen molar-refractivity contribution >= 4 is 41.3 Å². The number of hydrogen-bond acceptors (Lipinski definition) is 4. The van der Waals surface area contributed by atoms with Gasteiger partial charge in [-0.1, -0.05) is 6.07 Å². The second-order valence-corrected chi connectivity index (χ2v) is 7.84. The second-order valence-electron chi connectivity index (χ2n) is 6.87. The number of hydrogen-bond donors (Lipinski definition) is 2. The fourth-order valence-corrected chi connectivity index (χ4v) is 4.65. The fraction of sp³-hybridized carbons (Fsp3) is 0.579. The summed E-state index contributed by atoms with van der Waals surface area (Å²) < 4.78 is 1.87. The van der Waals surface area contributed by atoms with Crippen LogP contribution in [0.15, 0.2) is 34.8 Å². The third kappa shape index (κ3) is 5.92. The number of aromatic nitrogens is 2. The van der Waals surface area contributed by atoms with Gasteiger partial charge in [-0.05, 0) is 56.8 Å². The molecule has 0 aliphatic carbocycles. The number of rotatable bonds is 6. The third-order valence-corrected chi connectivity index (χ3v) is 5.98. The minimum absolute atomic E-state index is 0. The Morgan fingerprint density at radius 2 is 2.19 bits per heavy atom. The third-order valence-electron chi connectivity index (χ3n) is 5.04. The maximum Gasteiger partial charge on any atom is 0.191 e. The van der Waals surface area contributed by atoms with Crippen molar-refractivity contribution in [2.75, 3.05) is 26.7 Å². The highest BCUT2D eigenvalue weighted by Gasteiger charge is 2.31. The van der Waals surface area contributed by atoms with E-state index in [4.69, 9.17) is 4.99 Å². The summed E-state index contributed by atoms with van der Waals surface area (Å²) in [5.74, 6) is 1.47. The largest absolute Gasteiger partial charge is 0.357 e. The van der Waals surface area contributed by atoms with Crippen LogP contribution < -0.4 is 10.6 Å². The number of aliphatic imine (C=N–C) groups is 1. The maximum atomic E-state index is 4.73. The second kappa shape index (κ2) is 11.0. The molecule has 2 aromatic rings. The Balaban J connectivity index is 0.00000261. The molecule has 1 aliphatic rings. The lowest BCUT2D eigenvalue weighted by Gasteiger charge is -2.39. The van der Waals surface area contributed by atoms with Crippen LogP contribution >= 0.6 is 35.3 Å². The molecule has 6 nitrogen and oxygen atoms in total. The van der Waals surface area contributed by atoms with Crippen molar-refractivity contribution < 1.29 is 0 Å². The molecule has 8 heteroatoms. The first-order valence-electron chi connectivity index (χ1n) is 9.41. The molecule has 1 fully saturated rings. The van der Waals surface area contributed by atoms with Gasteiger partial charge in [0.2, 0.25) is 0 Å². The van der Waals surface area contributed by atoms with Crippen LogP contribution in [0, 0.1) is 5.92 Å². The van der Waals surface area contributed by atoms with Gasteiger partial charge >= 0.3 is 0 Å². The normalized spacial score (nSPS) is 20.9. The molecule has 27 heavy (non-hydrogen) atoms. The van der Waals surface area contributed by atoms with E-state index in [-0.39, 0.29) is 24.0 Å². The molecular formula is C19H31IN6S.